The monoisotopic (exact) mass is 641 g/mol. The molecule has 5 saturated carbocycles. The van der Waals surface area contributed by atoms with Crippen molar-refractivity contribution in [3.05, 3.63) is 12.2 Å². The summed E-state index contributed by atoms with van der Waals surface area (Å²) in [6, 6.07) is 0.0144. The maximum atomic E-state index is 13.5. The first-order valence-electron chi connectivity index (χ1n) is 19.2. The Morgan fingerprint density at radius 2 is 1.43 bits per heavy atom. The van der Waals surface area contributed by atoms with Crippen molar-refractivity contribution in [3.8, 4) is 0 Å². The van der Waals surface area contributed by atoms with Crippen molar-refractivity contribution in [2.75, 3.05) is 6.54 Å². The molecule has 6 heteroatoms. The summed E-state index contributed by atoms with van der Waals surface area (Å²) in [5.74, 6) is 2.07. The summed E-state index contributed by atoms with van der Waals surface area (Å²) in [4.78, 5) is 24.2. The maximum absolute atomic E-state index is 13.5. The lowest BCUT2D eigenvalue weighted by molar-refractivity contribution is -0.243. The highest BCUT2D eigenvalue weighted by molar-refractivity contribution is 5.75. The fourth-order valence-corrected chi connectivity index (χ4v) is 13.1. The molecule has 0 spiro atoms. The Morgan fingerprint density at radius 1 is 0.761 bits per heavy atom. The van der Waals surface area contributed by atoms with Crippen LogP contribution < -0.4 is 10.6 Å². The highest BCUT2D eigenvalue weighted by atomic mass is 16.4. The number of fused-ring (bicyclic) bond motifs is 7. The van der Waals surface area contributed by atoms with Crippen LogP contribution in [0, 0.1) is 51.2 Å². The molecule has 46 heavy (non-hydrogen) atoms. The van der Waals surface area contributed by atoms with E-state index in [0.29, 0.717) is 36.1 Å². The molecule has 4 N–H and O–H groups in total. The molecule has 0 saturated heterocycles. The highest BCUT2D eigenvalue weighted by Crippen LogP contribution is 2.76. The molecule has 2 amide bonds. The first-order valence-corrected chi connectivity index (χ1v) is 19.2. The molecule has 0 aromatic rings. The molecule has 0 unspecified atom stereocenters. The Balaban J connectivity index is 1.24. The van der Waals surface area contributed by atoms with Gasteiger partial charge in [0.2, 0.25) is 0 Å². The second kappa shape index (κ2) is 13.4. The van der Waals surface area contributed by atoms with Crippen molar-refractivity contribution in [1.29, 1.82) is 0 Å². The molecule has 5 fully saturated rings. The Kier molecular flexibility index (Phi) is 10.4. The molecule has 5 rings (SSSR count). The van der Waals surface area contributed by atoms with Gasteiger partial charge in [-0.2, -0.15) is 0 Å². The van der Waals surface area contributed by atoms with Gasteiger partial charge in [0.1, 0.15) is 0 Å². The molecule has 10 atom stereocenters. The van der Waals surface area contributed by atoms with E-state index in [9.17, 15) is 14.7 Å². The number of carbonyl (C=O) groups is 2. The maximum Gasteiger partial charge on any atom is 0.315 e. The third-order valence-electron chi connectivity index (χ3n) is 15.8. The van der Waals surface area contributed by atoms with Crippen molar-refractivity contribution < 1.29 is 19.8 Å². The number of rotatable bonds is 12. The van der Waals surface area contributed by atoms with Crippen LogP contribution in [0.25, 0.3) is 0 Å². The summed E-state index contributed by atoms with van der Waals surface area (Å²) >= 11 is 0. The first-order chi connectivity index (χ1) is 21.6. The van der Waals surface area contributed by atoms with E-state index in [2.05, 4.69) is 58.8 Å². The van der Waals surface area contributed by atoms with E-state index in [0.717, 1.165) is 77.0 Å². The minimum atomic E-state index is -0.700. The van der Waals surface area contributed by atoms with Crippen LogP contribution in [-0.2, 0) is 4.79 Å². The highest BCUT2D eigenvalue weighted by Gasteiger charge is 2.71. The van der Waals surface area contributed by atoms with Gasteiger partial charge in [-0.05, 0) is 135 Å². The Labute approximate surface area is 280 Å². The summed E-state index contributed by atoms with van der Waals surface area (Å²) in [6.07, 6.45) is 18.8. The lowest BCUT2D eigenvalue weighted by atomic mass is 9.32. The molecule has 0 aromatic carbocycles. The number of hydrogen-bond acceptors (Lipinski definition) is 3. The molecule has 5 aliphatic carbocycles. The van der Waals surface area contributed by atoms with Gasteiger partial charge in [-0.25, -0.2) is 4.79 Å². The number of unbranched alkanes of at least 4 members (excludes halogenated alkanes) is 6. The van der Waals surface area contributed by atoms with E-state index in [4.69, 9.17) is 5.11 Å². The zero-order valence-electron chi connectivity index (χ0n) is 30.3. The number of aliphatic hydroxyl groups excluding tert-OH is 1. The van der Waals surface area contributed by atoms with E-state index in [-0.39, 0.29) is 45.8 Å². The van der Waals surface area contributed by atoms with Gasteiger partial charge >= 0.3 is 12.0 Å². The Morgan fingerprint density at radius 3 is 2.11 bits per heavy atom. The molecule has 0 aromatic heterocycles. The average Bonchev–Trinajstić information content (AvgIpc) is 3.36. The number of carboxylic acids is 1. The second-order valence-corrected chi connectivity index (χ2v) is 18.2. The van der Waals surface area contributed by atoms with E-state index >= 15 is 0 Å². The fourth-order valence-electron chi connectivity index (χ4n) is 13.1. The van der Waals surface area contributed by atoms with Crippen molar-refractivity contribution >= 4 is 12.0 Å². The lowest BCUT2D eigenvalue weighted by Crippen LogP contribution is -2.69. The van der Waals surface area contributed by atoms with E-state index in [1.165, 1.54) is 37.7 Å². The fraction of sp³-hybridized carbons (Fsp3) is 0.900. The molecule has 6 nitrogen and oxygen atoms in total. The van der Waals surface area contributed by atoms with Crippen molar-refractivity contribution in [2.45, 2.75) is 169 Å². The van der Waals surface area contributed by atoms with Crippen LogP contribution in [-0.4, -0.2) is 40.4 Å². The van der Waals surface area contributed by atoms with Gasteiger partial charge in [-0.1, -0.05) is 78.9 Å². The first kappa shape index (κ1) is 35.7. The molecule has 0 heterocycles. The molecule has 0 bridgehead atoms. The number of carboxylic acid groups (broad SMARTS) is 1. The van der Waals surface area contributed by atoms with E-state index in [1.54, 1.807) is 0 Å². The standard InChI is InChI=1S/C40H68N2O4/c1-27(2)28-18-23-40(42-35(46)41-26-14-12-10-8-9-11-13-15-33(44)45)25-24-38(6)29(34(28)40)16-17-31-37(5)21-20-32(43)36(3,4)30(37)19-22-39(31,38)7/h28-32,34,43H,1,8-26H2,2-7H3,(H,44,45)(H2,41,42,46)/t28-,29+,30-,31+,32-,34+,37-,38+,39+,40-/m0/s1. The largest absolute Gasteiger partial charge is 0.481 e. The number of urea groups is 1. The van der Waals surface area contributed by atoms with Crippen LogP contribution in [0.2, 0.25) is 0 Å². The Bertz CT molecular complexity index is 1140. The van der Waals surface area contributed by atoms with Crippen LogP contribution in [0.15, 0.2) is 12.2 Å². The van der Waals surface area contributed by atoms with Gasteiger partial charge < -0.3 is 20.8 Å². The molecular formula is C40H68N2O4. The summed E-state index contributed by atoms with van der Waals surface area (Å²) in [6.45, 7) is 20.1. The number of aliphatic hydroxyl groups is 1. The summed E-state index contributed by atoms with van der Waals surface area (Å²) in [7, 11) is 0. The minimum absolute atomic E-state index is 0.0144. The summed E-state index contributed by atoms with van der Waals surface area (Å²) in [5, 5.41) is 26.7. The number of allylic oxidation sites excluding steroid dienone is 1. The second-order valence-electron chi connectivity index (χ2n) is 18.2. The van der Waals surface area contributed by atoms with Gasteiger partial charge in [-0.3, -0.25) is 4.79 Å². The molecule has 0 aliphatic heterocycles. The third-order valence-corrected chi connectivity index (χ3v) is 15.8. The molecule has 0 radical (unpaired) electrons. The third kappa shape index (κ3) is 6.09. The predicted octanol–water partition coefficient (Wildman–Crippen LogP) is 9.26. The number of nitrogens with one attached hydrogen (secondary N) is 2. The Hall–Kier alpha value is -1.56. The van der Waals surface area contributed by atoms with Crippen LogP contribution in [0.5, 0.6) is 0 Å². The normalized spacial score (nSPS) is 42.6. The van der Waals surface area contributed by atoms with E-state index in [1.807, 2.05) is 0 Å². The van der Waals surface area contributed by atoms with Gasteiger partial charge in [-0.15, -0.1) is 0 Å². The van der Waals surface area contributed by atoms with E-state index < -0.39 is 5.97 Å². The zero-order chi connectivity index (χ0) is 33.5. The van der Waals surface area contributed by atoms with Crippen LogP contribution in [0.4, 0.5) is 4.79 Å². The van der Waals surface area contributed by atoms with Crippen LogP contribution >= 0.6 is 0 Å². The lowest BCUT2D eigenvalue weighted by Gasteiger charge is -2.73. The number of hydrogen-bond donors (Lipinski definition) is 4. The topological polar surface area (TPSA) is 98.7 Å². The number of carbonyl (C=O) groups excluding carboxylic acids is 1. The van der Waals surface area contributed by atoms with Crippen LogP contribution in [0.1, 0.15) is 157 Å². The van der Waals surface area contributed by atoms with Gasteiger partial charge in [0.25, 0.3) is 0 Å². The van der Waals surface area contributed by atoms with Crippen LogP contribution in [0.3, 0.4) is 0 Å². The summed E-state index contributed by atoms with van der Waals surface area (Å²) in [5.41, 5.74) is 1.92. The quantitative estimate of drug-likeness (QED) is 0.126. The summed E-state index contributed by atoms with van der Waals surface area (Å²) < 4.78 is 0. The zero-order valence-corrected chi connectivity index (χ0v) is 30.3. The predicted molar refractivity (Wildman–Crippen MR) is 186 cm³/mol. The van der Waals surface area contributed by atoms with Crippen molar-refractivity contribution in [1.82, 2.24) is 10.6 Å². The molecular weight excluding hydrogens is 572 g/mol. The minimum Gasteiger partial charge on any atom is -0.481 e. The molecule has 5 aliphatic rings. The number of amides is 2. The van der Waals surface area contributed by atoms with Gasteiger partial charge in [0.05, 0.1) is 6.10 Å². The molecule has 262 valence electrons. The van der Waals surface area contributed by atoms with Gasteiger partial charge in [0.15, 0.2) is 0 Å². The van der Waals surface area contributed by atoms with Crippen molar-refractivity contribution in [3.63, 3.8) is 0 Å². The average molecular weight is 641 g/mol. The smallest absolute Gasteiger partial charge is 0.315 e. The van der Waals surface area contributed by atoms with Crippen molar-refractivity contribution in [2.24, 2.45) is 51.2 Å². The SMILES string of the molecule is C=C(C)[C@@H]1CC[C@]2(NC(=O)NCCCCCCCCCC(=O)O)CC[C@]3(C)[C@H](CC[C@@H]4[C@@]5(C)CC[C@H](O)C(C)(C)[C@@H]5CC[C@]43C)[C@@H]12. The number of aliphatic carboxylic acids is 1. The van der Waals surface area contributed by atoms with Gasteiger partial charge in [0, 0.05) is 18.5 Å².